The third-order valence-electron chi connectivity index (χ3n) is 3.52. The summed E-state index contributed by atoms with van der Waals surface area (Å²) in [5.41, 5.74) is 2.49. The van der Waals surface area contributed by atoms with Crippen molar-refractivity contribution in [2.45, 2.75) is 26.7 Å². The van der Waals surface area contributed by atoms with E-state index in [0.29, 0.717) is 12.1 Å². The highest BCUT2D eigenvalue weighted by Crippen LogP contribution is 2.27. The van der Waals surface area contributed by atoms with Crippen molar-refractivity contribution in [2.75, 3.05) is 6.54 Å². The molecule has 1 aromatic carbocycles. The molecule has 0 radical (unpaired) electrons. The summed E-state index contributed by atoms with van der Waals surface area (Å²) < 4.78 is 1.93. The van der Waals surface area contributed by atoms with E-state index in [4.69, 9.17) is 0 Å². The summed E-state index contributed by atoms with van der Waals surface area (Å²) in [5.74, 6) is 0.174. The lowest BCUT2D eigenvalue weighted by molar-refractivity contribution is 0.0954. The first-order chi connectivity index (χ1) is 9.06. The molecule has 4 nitrogen and oxygen atoms in total. The minimum atomic E-state index is -0.0396. The van der Waals surface area contributed by atoms with Crippen molar-refractivity contribution in [1.82, 2.24) is 9.88 Å². The monoisotopic (exact) mass is 260 g/mol. The summed E-state index contributed by atoms with van der Waals surface area (Å²) in [6.07, 6.45) is 2.04. The number of benzene rings is 1. The van der Waals surface area contributed by atoms with E-state index in [2.05, 4.69) is 12.2 Å². The molecule has 4 heteroatoms. The fourth-order valence-corrected chi connectivity index (χ4v) is 2.31. The summed E-state index contributed by atoms with van der Waals surface area (Å²) in [4.78, 5) is 12.3. The van der Waals surface area contributed by atoms with E-state index in [1.165, 1.54) is 0 Å². The van der Waals surface area contributed by atoms with Crippen molar-refractivity contribution in [1.29, 1.82) is 0 Å². The number of aromatic hydroxyl groups is 1. The van der Waals surface area contributed by atoms with Gasteiger partial charge in [0.25, 0.3) is 5.91 Å². The molecule has 102 valence electrons. The maximum Gasteiger partial charge on any atom is 0.253 e. The number of carbonyl (C=O) groups excluding carboxylic acids is 1. The zero-order chi connectivity index (χ0) is 14.0. The average molecular weight is 260 g/mol. The lowest BCUT2D eigenvalue weighted by Gasteiger charge is -2.04. The van der Waals surface area contributed by atoms with Crippen LogP contribution in [0.2, 0.25) is 0 Å². The molecule has 2 N–H and O–H groups in total. The van der Waals surface area contributed by atoms with Crippen LogP contribution < -0.4 is 5.32 Å². The van der Waals surface area contributed by atoms with Crippen LogP contribution in [0, 0.1) is 6.92 Å². The van der Waals surface area contributed by atoms with E-state index in [1.54, 1.807) is 18.2 Å². The van der Waals surface area contributed by atoms with Crippen LogP contribution in [0.5, 0.6) is 5.75 Å². The standard InChI is InChI=1S/C15H20N2O2/c1-4-5-8-16-15(19)14-10(2)17(3)13-9-11(18)6-7-12(13)14/h6-7,9,18H,4-5,8H2,1-3H3,(H,16,19). The highest BCUT2D eigenvalue weighted by Gasteiger charge is 2.18. The van der Waals surface area contributed by atoms with Crippen LogP contribution in [-0.2, 0) is 7.05 Å². The Balaban J connectivity index is 2.42. The van der Waals surface area contributed by atoms with E-state index in [-0.39, 0.29) is 11.7 Å². The number of hydrogen-bond acceptors (Lipinski definition) is 2. The first-order valence-corrected chi connectivity index (χ1v) is 6.62. The van der Waals surface area contributed by atoms with E-state index in [1.807, 2.05) is 18.5 Å². The Morgan fingerprint density at radius 3 is 2.84 bits per heavy atom. The summed E-state index contributed by atoms with van der Waals surface area (Å²) >= 11 is 0. The summed E-state index contributed by atoms with van der Waals surface area (Å²) in [6.45, 7) is 4.72. The van der Waals surface area contributed by atoms with Gasteiger partial charge < -0.3 is 15.0 Å². The van der Waals surface area contributed by atoms with Crippen molar-refractivity contribution in [3.8, 4) is 5.75 Å². The number of phenols is 1. The molecule has 1 amide bonds. The van der Waals surface area contributed by atoms with Crippen LogP contribution in [0.4, 0.5) is 0 Å². The second kappa shape index (κ2) is 5.34. The number of unbranched alkanes of at least 4 members (excludes halogenated alkanes) is 1. The Morgan fingerprint density at radius 1 is 1.42 bits per heavy atom. The Bertz CT molecular complexity index is 614. The second-order valence-corrected chi connectivity index (χ2v) is 4.83. The van der Waals surface area contributed by atoms with Crippen LogP contribution in [0.25, 0.3) is 10.9 Å². The van der Waals surface area contributed by atoms with Gasteiger partial charge in [0.05, 0.1) is 11.1 Å². The minimum absolute atomic E-state index is 0.0396. The van der Waals surface area contributed by atoms with Gasteiger partial charge in [-0.1, -0.05) is 13.3 Å². The number of nitrogens with one attached hydrogen (secondary N) is 1. The number of aryl methyl sites for hydroxylation is 1. The van der Waals surface area contributed by atoms with E-state index < -0.39 is 0 Å². The molecule has 2 rings (SSSR count). The van der Waals surface area contributed by atoms with Crippen LogP contribution in [0.3, 0.4) is 0 Å². The van der Waals surface area contributed by atoms with Crippen LogP contribution in [0.15, 0.2) is 18.2 Å². The van der Waals surface area contributed by atoms with Gasteiger partial charge in [-0.2, -0.15) is 0 Å². The Morgan fingerprint density at radius 2 is 2.16 bits per heavy atom. The Labute approximate surface area is 113 Å². The molecule has 0 saturated heterocycles. The van der Waals surface area contributed by atoms with E-state index in [9.17, 15) is 9.90 Å². The SMILES string of the molecule is CCCCNC(=O)c1c(C)n(C)c2cc(O)ccc12. The van der Waals surface area contributed by atoms with Gasteiger partial charge in [0, 0.05) is 30.7 Å². The van der Waals surface area contributed by atoms with Crippen LogP contribution >= 0.6 is 0 Å². The van der Waals surface area contributed by atoms with Crippen LogP contribution in [-0.4, -0.2) is 22.1 Å². The molecule has 0 fully saturated rings. The fraction of sp³-hybridized carbons (Fsp3) is 0.400. The predicted octanol–water partition coefficient (Wildman–Crippen LogP) is 2.72. The van der Waals surface area contributed by atoms with Gasteiger partial charge in [0.15, 0.2) is 0 Å². The zero-order valence-corrected chi connectivity index (χ0v) is 11.7. The molecule has 0 atom stereocenters. The molecule has 0 unspecified atom stereocenters. The van der Waals surface area contributed by atoms with E-state index in [0.717, 1.165) is 29.4 Å². The lowest BCUT2D eigenvalue weighted by Crippen LogP contribution is -2.24. The normalized spacial score (nSPS) is 10.9. The molecule has 0 aliphatic rings. The maximum absolute atomic E-state index is 12.3. The number of rotatable bonds is 4. The minimum Gasteiger partial charge on any atom is -0.508 e. The molecule has 0 bridgehead atoms. The van der Waals surface area contributed by atoms with Gasteiger partial charge in [-0.05, 0) is 25.5 Å². The summed E-state index contributed by atoms with van der Waals surface area (Å²) in [6, 6.07) is 5.10. The topological polar surface area (TPSA) is 54.3 Å². The van der Waals surface area contributed by atoms with Gasteiger partial charge in [-0.3, -0.25) is 4.79 Å². The van der Waals surface area contributed by atoms with Crippen molar-refractivity contribution in [3.05, 3.63) is 29.5 Å². The molecule has 1 heterocycles. The first-order valence-electron chi connectivity index (χ1n) is 6.62. The first kappa shape index (κ1) is 13.5. The summed E-state index contributed by atoms with van der Waals surface area (Å²) in [5, 5.41) is 13.4. The molecule has 19 heavy (non-hydrogen) atoms. The largest absolute Gasteiger partial charge is 0.508 e. The summed E-state index contributed by atoms with van der Waals surface area (Å²) in [7, 11) is 1.90. The Kier molecular flexibility index (Phi) is 3.79. The van der Waals surface area contributed by atoms with Gasteiger partial charge in [0.1, 0.15) is 5.75 Å². The van der Waals surface area contributed by atoms with Gasteiger partial charge >= 0.3 is 0 Å². The van der Waals surface area contributed by atoms with Gasteiger partial charge in [-0.15, -0.1) is 0 Å². The van der Waals surface area contributed by atoms with Crippen molar-refractivity contribution >= 4 is 16.8 Å². The quantitative estimate of drug-likeness (QED) is 0.830. The van der Waals surface area contributed by atoms with Crippen LogP contribution in [0.1, 0.15) is 35.8 Å². The highest BCUT2D eigenvalue weighted by atomic mass is 16.3. The molecule has 0 aliphatic carbocycles. The number of hydrogen-bond donors (Lipinski definition) is 2. The molecular weight excluding hydrogens is 240 g/mol. The average Bonchev–Trinajstić information content (AvgIpc) is 2.63. The molecule has 0 spiro atoms. The number of amides is 1. The molecular formula is C15H20N2O2. The van der Waals surface area contributed by atoms with E-state index >= 15 is 0 Å². The maximum atomic E-state index is 12.3. The lowest BCUT2D eigenvalue weighted by atomic mass is 10.1. The van der Waals surface area contributed by atoms with Gasteiger partial charge in [0.2, 0.25) is 0 Å². The number of aromatic nitrogens is 1. The van der Waals surface area contributed by atoms with Crippen molar-refractivity contribution < 1.29 is 9.90 Å². The predicted molar refractivity (Wildman–Crippen MR) is 76.6 cm³/mol. The van der Waals surface area contributed by atoms with Crippen molar-refractivity contribution in [3.63, 3.8) is 0 Å². The number of fused-ring (bicyclic) bond motifs is 1. The molecule has 2 aromatic rings. The van der Waals surface area contributed by atoms with Gasteiger partial charge in [-0.25, -0.2) is 0 Å². The molecule has 0 aliphatic heterocycles. The second-order valence-electron chi connectivity index (χ2n) is 4.83. The zero-order valence-electron chi connectivity index (χ0n) is 11.7. The highest BCUT2D eigenvalue weighted by molar-refractivity contribution is 6.08. The Hall–Kier alpha value is -1.97. The smallest absolute Gasteiger partial charge is 0.253 e. The number of phenolic OH excluding ortho intramolecular Hbond substituents is 1. The molecule has 1 aromatic heterocycles. The number of carbonyl (C=O) groups is 1. The third kappa shape index (κ3) is 2.43. The number of nitrogens with zero attached hydrogens (tertiary/aromatic N) is 1. The fourth-order valence-electron chi connectivity index (χ4n) is 2.31. The third-order valence-corrected chi connectivity index (χ3v) is 3.52. The molecule has 0 saturated carbocycles. The van der Waals surface area contributed by atoms with Crippen molar-refractivity contribution in [2.24, 2.45) is 7.05 Å².